The van der Waals surface area contributed by atoms with Crippen LogP contribution in [0, 0.1) is 12.7 Å². The highest BCUT2D eigenvalue weighted by Crippen LogP contribution is 2.33. The summed E-state index contributed by atoms with van der Waals surface area (Å²) >= 11 is 0. The summed E-state index contributed by atoms with van der Waals surface area (Å²) < 4.78 is 31.2. The summed E-state index contributed by atoms with van der Waals surface area (Å²) in [6, 6.07) is 21.0. The van der Waals surface area contributed by atoms with E-state index < -0.39 is 0 Å². The third-order valence-corrected chi connectivity index (χ3v) is 6.54. The molecule has 1 fully saturated rings. The zero-order valence-electron chi connectivity index (χ0n) is 19.6. The van der Waals surface area contributed by atoms with Crippen LogP contribution in [0.3, 0.4) is 0 Å². The first-order chi connectivity index (χ1) is 16.6. The second-order valence-electron chi connectivity index (χ2n) is 9.07. The number of halogens is 1. The summed E-state index contributed by atoms with van der Waals surface area (Å²) in [5.74, 6) is 2.25. The molecule has 0 aromatic heterocycles. The minimum atomic E-state index is -0.230. The molecule has 1 saturated heterocycles. The van der Waals surface area contributed by atoms with Gasteiger partial charge in [0.15, 0.2) is 11.5 Å². The van der Waals surface area contributed by atoms with Gasteiger partial charge in [-0.1, -0.05) is 35.9 Å². The topological polar surface area (TPSA) is 34.2 Å². The lowest BCUT2D eigenvalue weighted by Crippen LogP contribution is -2.46. The average molecular weight is 463 g/mol. The molecule has 6 heteroatoms. The average Bonchev–Trinajstić information content (AvgIpc) is 3.32. The molecule has 0 saturated carbocycles. The Morgan fingerprint density at radius 2 is 1.65 bits per heavy atom. The van der Waals surface area contributed by atoms with Crippen molar-refractivity contribution in [1.29, 1.82) is 0 Å². The summed E-state index contributed by atoms with van der Waals surface area (Å²) in [6.45, 7) is 8.21. The van der Waals surface area contributed by atoms with Crippen molar-refractivity contribution in [1.82, 2.24) is 9.80 Å². The number of piperazine rings is 1. The Bertz CT molecular complexity index is 1100. The molecule has 3 aromatic carbocycles. The Labute approximate surface area is 200 Å². The first-order valence-corrected chi connectivity index (χ1v) is 11.9. The molecule has 2 aliphatic rings. The van der Waals surface area contributed by atoms with Crippen molar-refractivity contribution >= 4 is 0 Å². The summed E-state index contributed by atoms with van der Waals surface area (Å²) in [5.41, 5.74) is 3.31. The van der Waals surface area contributed by atoms with Crippen LogP contribution in [-0.2, 0) is 6.54 Å². The summed E-state index contributed by atoms with van der Waals surface area (Å²) in [4.78, 5) is 4.95. The van der Waals surface area contributed by atoms with E-state index in [0.717, 1.165) is 68.5 Å². The minimum absolute atomic E-state index is 0.190. The van der Waals surface area contributed by atoms with Crippen LogP contribution >= 0.6 is 0 Å². The van der Waals surface area contributed by atoms with Crippen LogP contribution in [0.25, 0.3) is 0 Å². The molecule has 1 atom stereocenters. The number of fused-ring (bicyclic) bond motifs is 1. The molecule has 0 radical (unpaired) electrons. The predicted molar refractivity (Wildman–Crippen MR) is 130 cm³/mol. The minimum Gasteiger partial charge on any atom is -0.486 e. The fourth-order valence-electron chi connectivity index (χ4n) is 4.55. The number of ether oxygens (including phenoxy) is 3. The largest absolute Gasteiger partial charge is 0.486 e. The maximum absolute atomic E-state index is 13.9. The van der Waals surface area contributed by atoms with Crippen molar-refractivity contribution in [3.63, 3.8) is 0 Å². The second kappa shape index (κ2) is 10.5. The quantitative estimate of drug-likeness (QED) is 0.460. The van der Waals surface area contributed by atoms with Crippen molar-refractivity contribution in [3.8, 4) is 17.2 Å². The molecule has 0 amide bonds. The third kappa shape index (κ3) is 5.69. The summed E-state index contributed by atoms with van der Waals surface area (Å²) in [7, 11) is 0. The van der Waals surface area contributed by atoms with E-state index in [1.165, 1.54) is 17.2 Å². The lowest BCUT2D eigenvalue weighted by molar-refractivity contribution is 0.106. The van der Waals surface area contributed by atoms with Gasteiger partial charge in [-0.25, -0.2) is 4.39 Å². The molecule has 0 N–H and O–H groups in total. The Morgan fingerprint density at radius 1 is 0.882 bits per heavy atom. The first kappa shape index (κ1) is 22.7. The van der Waals surface area contributed by atoms with Gasteiger partial charge in [0.2, 0.25) is 6.79 Å². The SMILES string of the molecule is Cc1ccc(O[C@@H](CCN2CCN(Cc3ccc4c(c3)OCO4)CC2)c2cccc(F)c2)cc1. The molecule has 2 heterocycles. The summed E-state index contributed by atoms with van der Waals surface area (Å²) in [6.07, 6.45) is 0.615. The maximum Gasteiger partial charge on any atom is 0.231 e. The first-order valence-electron chi connectivity index (χ1n) is 11.9. The van der Waals surface area contributed by atoms with Gasteiger partial charge in [0.25, 0.3) is 0 Å². The number of hydrogen-bond acceptors (Lipinski definition) is 5. The van der Waals surface area contributed by atoms with Crippen LogP contribution in [0.2, 0.25) is 0 Å². The Hall–Kier alpha value is -3.09. The van der Waals surface area contributed by atoms with Gasteiger partial charge in [0, 0.05) is 45.7 Å². The van der Waals surface area contributed by atoms with Crippen LogP contribution in [0.1, 0.15) is 29.2 Å². The molecular formula is C28H31FN2O3. The molecular weight excluding hydrogens is 431 g/mol. The maximum atomic E-state index is 13.9. The fraction of sp³-hybridized carbons (Fsp3) is 0.357. The van der Waals surface area contributed by atoms with Gasteiger partial charge in [-0.15, -0.1) is 0 Å². The number of hydrogen-bond donors (Lipinski definition) is 0. The van der Waals surface area contributed by atoms with Crippen LogP contribution in [-0.4, -0.2) is 49.3 Å². The van der Waals surface area contributed by atoms with E-state index in [9.17, 15) is 4.39 Å². The molecule has 0 spiro atoms. The number of aryl methyl sites for hydroxylation is 1. The van der Waals surface area contributed by atoms with E-state index in [1.807, 2.05) is 36.4 Å². The number of benzene rings is 3. The predicted octanol–water partition coefficient (Wildman–Crippen LogP) is 5.19. The van der Waals surface area contributed by atoms with Crippen molar-refractivity contribution < 1.29 is 18.6 Å². The van der Waals surface area contributed by atoms with Gasteiger partial charge in [-0.05, 0) is 54.4 Å². The van der Waals surface area contributed by atoms with Crippen molar-refractivity contribution in [2.75, 3.05) is 39.5 Å². The Morgan fingerprint density at radius 3 is 2.44 bits per heavy atom. The van der Waals surface area contributed by atoms with E-state index >= 15 is 0 Å². The monoisotopic (exact) mass is 462 g/mol. The highest BCUT2D eigenvalue weighted by molar-refractivity contribution is 5.44. The van der Waals surface area contributed by atoms with E-state index in [1.54, 1.807) is 12.1 Å². The highest BCUT2D eigenvalue weighted by atomic mass is 19.1. The standard InChI is InChI=1S/C28H31FN2O3/c1-21-5-8-25(9-6-21)34-26(23-3-2-4-24(29)18-23)11-12-30-13-15-31(16-14-30)19-22-7-10-27-28(17-22)33-20-32-27/h2-10,17-18,26H,11-16,19-20H2,1H3/t26-/m0/s1. The highest BCUT2D eigenvalue weighted by Gasteiger charge is 2.21. The Kier molecular flexibility index (Phi) is 6.97. The molecule has 5 nitrogen and oxygen atoms in total. The van der Waals surface area contributed by atoms with Crippen LogP contribution in [0.5, 0.6) is 17.2 Å². The smallest absolute Gasteiger partial charge is 0.231 e. The molecule has 178 valence electrons. The van der Waals surface area contributed by atoms with Gasteiger partial charge in [-0.3, -0.25) is 4.90 Å². The number of nitrogens with zero attached hydrogens (tertiary/aromatic N) is 2. The molecule has 0 aliphatic carbocycles. The lowest BCUT2D eigenvalue weighted by Gasteiger charge is -2.35. The molecule has 3 aromatic rings. The van der Waals surface area contributed by atoms with Gasteiger partial charge in [0.05, 0.1) is 0 Å². The summed E-state index contributed by atoms with van der Waals surface area (Å²) in [5, 5.41) is 0. The molecule has 34 heavy (non-hydrogen) atoms. The zero-order chi connectivity index (χ0) is 23.3. The van der Waals surface area contributed by atoms with E-state index in [0.29, 0.717) is 6.79 Å². The number of rotatable bonds is 8. The van der Waals surface area contributed by atoms with Crippen LogP contribution in [0.15, 0.2) is 66.7 Å². The Balaban J connectivity index is 1.16. The van der Waals surface area contributed by atoms with Gasteiger partial charge < -0.3 is 19.1 Å². The third-order valence-electron chi connectivity index (χ3n) is 6.54. The van der Waals surface area contributed by atoms with E-state index in [-0.39, 0.29) is 11.9 Å². The van der Waals surface area contributed by atoms with Crippen molar-refractivity contribution in [2.45, 2.75) is 26.0 Å². The van der Waals surface area contributed by atoms with Gasteiger partial charge >= 0.3 is 0 Å². The molecule has 0 bridgehead atoms. The molecule has 2 aliphatic heterocycles. The second-order valence-corrected chi connectivity index (χ2v) is 9.07. The molecule has 5 rings (SSSR count). The zero-order valence-corrected chi connectivity index (χ0v) is 19.6. The van der Waals surface area contributed by atoms with Crippen LogP contribution in [0.4, 0.5) is 4.39 Å². The van der Waals surface area contributed by atoms with Gasteiger partial charge in [0.1, 0.15) is 17.7 Å². The van der Waals surface area contributed by atoms with E-state index in [4.69, 9.17) is 14.2 Å². The van der Waals surface area contributed by atoms with Crippen molar-refractivity contribution in [2.24, 2.45) is 0 Å². The van der Waals surface area contributed by atoms with Crippen LogP contribution < -0.4 is 14.2 Å². The lowest BCUT2D eigenvalue weighted by atomic mass is 10.1. The van der Waals surface area contributed by atoms with Gasteiger partial charge in [-0.2, -0.15) is 0 Å². The van der Waals surface area contributed by atoms with E-state index in [2.05, 4.69) is 28.9 Å². The van der Waals surface area contributed by atoms with Crippen molar-refractivity contribution in [3.05, 3.63) is 89.2 Å². The fourth-order valence-corrected chi connectivity index (χ4v) is 4.55. The normalized spacial score (nSPS) is 17.0. The molecule has 0 unspecified atom stereocenters.